The van der Waals surface area contributed by atoms with Crippen LogP contribution >= 0.6 is 0 Å². The molecule has 1 unspecified atom stereocenters. The van der Waals surface area contributed by atoms with Crippen molar-refractivity contribution in [3.63, 3.8) is 0 Å². The molecule has 7 heavy (non-hydrogen) atoms. The second kappa shape index (κ2) is 3.03. The SMILES string of the molecule is [2H]C1CCCNCC1. The van der Waals surface area contributed by atoms with Crippen LogP contribution in [-0.4, -0.2) is 13.1 Å². The highest BCUT2D eigenvalue weighted by molar-refractivity contribution is 4.54. The molecule has 1 saturated heterocycles. The van der Waals surface area contributed by atoms with Crippen molar-refractivity contribution in [2.45, 2.75) is 25.7 Å². The van der Waals surface area contributed by atoms with Gasteiger partial charge in [-0.3, -0.25) is 0 Å². The van der Waals surface area contributed by atoms with Crippen molar-refractivity contribution < 1.29 is 1.37 Å². The Kier molecular flexibility index (Phi) is 1.69. The van der Waals surface area contributed by atoms with Crippen molar-refractivity contribution in [2.75, 3.05) is 13.1 Å². The zero-order valence-corrected chi connectivity index (χ0v) is 4.61. The summed E-state index contributed by atoms with van der Waals surface area (Å²) in [5.41, 5.74) is 0. The molecule has 1 aliphatic heterocycles. The van der Waals surface area contributed by atoms with Gasteiger partial charge in [-0.2, -0.15) is 0 Å². The maximum Gasteiger partial charge on any atom is 0.0267 e. The lowest BCUT2D eigenvalue weighted by Gasteiger charge is -1.91. The molecule has 0 radical (unpaired) electrons. The van der Waals surface area contributed by atoms with Crippen molar-refractivity contribution in [3.8, 4) is 0 Å². The van der Waals surface area contributed by atoms with E-state index >= 15 is 0 Å². The van der Waals surface area contributed by atoms with E-state index in [0.29, 0.717) is 0 Å². The Labute approximate surface area is 46.5 Å². The summed E-state index contributed by atoms with van der Waals surface area (Å²) in [6.45, 7) is 2.17. The molecule has 0 aliphatic carbocycles. The molecular weight excluding hydrogens is 86.1 g/mol. The normalized spacial score (nSPS) is 36.6. The summed E-state index contributed by atoms with van der Waals surface area (Å²) in [6, 6.07) is 0. The van der Waals surface area contributed by atoms with Crippen LogP contribution in [0.1, 0.15) is 27.0 Å². The molecule has 42 valence electrons. The Morgan fingerprint density at radius 3 is 3.00 bits per heavy atom. The summed E-state index contributed by atoms with van der Waals surface area (Å²) < 4.78 is 7.37. The van der Waals surface area contributed by atoms with Crippen molar-refractivity contribution in [3.05, 3.63) is 0 Å². The summed E-state index contributed by atoms with van der Waals surface area (Å²) in [6.07, 6.45) is 3.53. The molecule has 0 aromatic rings. The molecule has 0 aromatic heterocycles. The first-order chi connectivity index (χ1) is 3.89. The minimum absolute atomic E-state index is 0.213. The van der Waals surface area contributed by atoms with E-state index < -0.39 is 0 Å². The zero-order valence-electron chi connectivity index (χ0n) is 5.61. The smallest absolute Gasteiger partial charge is 0.0267 e. The van der Waals surface area contributed by atoms with Gasteiger partial charge in [0.1, 0.15) is 0 Å². The fourth-order valence-corrected chi connectivity index (χ4v) is 0.845. The predicted molar refractivity (Wildman–Crippen MR) is 31.3 cm³/mol. The van der Waals surface area contributed by atoms with Crippen LogP contribution in [0.2, 0.25) is 0 Å². The van der Waals surface area contributed by atoms with Crippen LogP contribution in [0.25, 0.3) is 0 Å². The average Bonchev–Trinajstić information content (AvgIpc) is 1.94. The highest BCUT2D eigenvalue weighted by Crippen LogP contribution is 2.00. The van der Waals surface area contributed by atoms with Crippen LogP contribution in [0.4, 0.5) is 0 Å². The van der Waals surface area contributed by atoms with Crippen molar-refractivity contribution in [1.29, 1.82) is 0 Å². The first-order valence-electron chi connectivity index (χ1n) is 3.60. The number of hydrogen-bond donors (Lipinski definition) is 1. The summed E-state index contributed by atoms with van der Waals surface area (Å²) in [5, 5.41) is 3.26. The van der Waals surface area contributed by atoms with Crippen LogP contribution in [0, 0.1) is 0 Å². The molecule has 1 aliphatic rings. The van der Waals surface area contributed by atoms with E-state index in [2.05, 4.69) is 5.32 Å². The van der Waals surface area contributed by atoms with Crippen LogP contribution < -0.4 is 5.32 Å². The molecule has 0 amide bonds. The molecular formula is C6H13N. The first kappa shape index (κ1) is 3.90. The van der Waals surface area contributed by atoms with Gasteiger partial charge in [-0.25, -0.2) is 0 Å². The first-order valence-corrected chi connectivity index (χ1v) is 3.02. The number of rotatable bonds is 0. The Balaban J connectivity index is 2.17. The summed E-state index contributed by atoms with van der Waals surface area (Å²) >= 11 is 0. The third kappa shape index (κ3) is 1.93. The van der Waals surface area contributed by atoms with E-state index in [-0.39, 0.29) is 6.40 Å². The van der Waals surface area contributed by atoms with Crippen molar-refractivity contribution >= 4 is 0 Å². The molecule has 0 aromatic carbocycles. The molecule has 1 nitrogen and oxygen atoms in total. The van der Waals surface area contributed by atoms with Crippen LogP contribution in [0.3, 0.4) is 0 Å². The zero-order chi connectivity index (χ0) is 5.82. The third-order valence-electron chi connectivity index (χ3n) is 1.29. The Morgan fingerprint density at radius 1 is 1.14 bits per heavy atom. The monoisotopic (exact) mass is 100 g/mol. The second-order valence-electron chi connectivity index (χ2n) is 1.97. The van der Waals surface area contributed by atoms with E-state index in [9.17, 15) is 0 Å². The molecule has 1 heteroatoms. The van der Waals surface area contributed by atoms with Crippen molar-refractivity contribution in [2.24, 2.45) is 0 Å². The van der Waals surface area contributed by atoms with Crippen LogP contribution in [0.5, 0.6) is 0 Å². The van der Waals surface area contributed by atoms with Gasteiger partial charge in [0, 0.05) is 1.37 Å². The quantitative estimate of drug-likeness (QED) is 0.481. The molecule has 1 heterocycles. The molecule has 0 spiro atoms. The standard InChI is InChI=1S/C6H13N/c1-2-4-6-7-5-3-1/h7H,1-6H2/i1D. The lowest BCUT2D eigenvalue weighted by atomic mass is 10.2. The lowest BCUT2D eigenvalue weighted by Crippen LogP contribution is -2.12. The largest absolute Gasteiger partial charge is 0.317 e. The van der Waals surface area contributed by atoms with Crippen LogP contribution in [-0.2, 0) is 0 Å². The fraction of sp³-hybridized carbons (Fsp3) is 1.00. The van der Waals surface area contributed by atoms with Gasteiger partial charge in [-0.1, -0.05) is 12.8 Å². The van der Waals surface area contributed by atoms with Gasteiger partial charge in [-0.05, 0) is 25.9 Å². The van der Waals surface area contributed by atoms with Crippen molar-refractivity contribution in [1.82, 2.24) is 5.32 Å². The van der Waals surface area contributed by atoms with Gasteiger partial charge >= 0.3 is 0 Å². The number of nitrogens with one attached hydrogen (secondary N) is 1. The summed E-state index contributed by atoms with van der Waals surface area (Å²) in [7, 11) is 0. The predicted octanol–water partition coefficient (Wildman–Crippen LogP) is 1.15. The molecule has 1 atom stereocenters. The van der Waals surface area contributed by atoms with E-state index in [1.54, 1.807) is 0 Å². The van der Waals surface area contributed by atoms with E-state index in [4.69, 9.17) is 1.37 Å². The van der Waals surface area contributed by atoms with Gasteiger partial charge < -0.3 is 5.32 Å². The maximum atomic E-state index is 7.37. The molecule has 0 bridgehead atoms. The van der Waals surface area contributed by atoms with E-state index in [0.717, 1.165) is 25.9 Å². The van der Waals surface area contributed by atoms with E-state index in [1.807, 2.05) is 0 Å². The minimum atomic E-state index is 0.213. The molecule has 1 N–H and O–H groups in total. The highest BCUT2D eigenvalue weighted by atomic mass is 14.8. The molecule has 1 rings (SSSR count). The summed E-state index contributed by atoms with van der Waals surface area (Å²) in [4.78, 5) is 0. The van der Waals surface area contributed by atoms with Crippen LogP contribution in [0.15, 0.2) is 0 Å². The Hall–Kier alpha value is -0.0400. The molecule has 1 fully saturated rings. The molecule has 0 saturated carbocycles. The third-order valence-corrected chi connectivity index (χ3v) is 1.29. The summed E-state index contributed by atoms with van der Waals surface area (Å²) in [5.74, 6) is 0. The maximum absolute atomic E-state index is 7.37. The van der Waals surface area contributed by atoms with Gasteiger partial charge in [0.25, 0.3) is 0 Å². The Morgan fingerprint density at radius 2 is 2.00 bits per heavy atom. The Bertz CT molecular complexity index is 57.5. The highest BCUT2D eigenvalue weighted by Gasteiger charge is 1.94. The number of hydrogen-bond acceptors (Lipinski definition) is 1. The van der Waals surface area contributed by atoms with Gasteiger partial charge in [0.15, 0.2) is 0 Å². The topological polar surface area (TPSA) is 12.0 Å². The van der Waals surface area contributed by atoms with Gasteiger partial charge in [0.2, 0.25) is 0 Å². The van der Waals surface area contributed by atoms with Gasteiger partial charge in [0.05, 0.1) is 0 Å². The fourth-order valence-electron chi connectivity index (χ4n) is 0.845. The van der Waals surface area contributed by atoms with E-state index in [1.165, 1.54) is 6.42 Å². The van der Waals surface area contributed by atoms with Gasteiger partial charge in [-0.15, -0.1) is 0 Å². The second-order valence-corrected chi connectivity index (χ2v) is 1.97. The average molecular weight is 100 g/mol. The minimum Gasteiger partial charge on any atom is -0.317 e. The lowest BCUT2D eigenvalue weighted by molar-refractivity contribution is 0.702.